The Labute approximate surface area is 574 Å². The Hall–Kier alpha value is -8.54. The van der Waals surface area contributed by atoms with Crippen molar-refractivity contribution >= 4 is 0 Å². The standard InChI is InChI=1S/2C21H20N.C18H14N.2C11H8N.3Ir/c2*1-16(2)13-17-11-12-22-21(14-17)20-10-6-9-19(15-20)18-7-4-3-5-8-18;1-14-10-11-19-18(12-14)17-9-5-8-16(13-17)15-6-3-2-4-7-15;2*1-2-6-10(7-3-1)11-8-4-5-9-12-11;;;/h2*3-9,11-12,14-16H,13H2,1-2H3;2-8,10-13H,1H3;2*1-6,8-9H;;;/q5*-1;;;. The Morgan fingerprint density at radius 1 is 0.267 bits per heavy atom. The van der Waals surface area contributed by atoms with Crippen LogP contribution in [-0.2, 0) is 73.2 Å². The van der Waals surface area contributed by atoms with Gasteiger partial charge < -0.3 is 24.9 Å². The van der Waals surface area contributed by atoms with Crippen LogP contribution in [0.15, 0.2) is 298 Å². The van der Waals surface area contributed by atoms with Crippen molar-refractivity contribution in [3.05, 3.63) is 345 Å². The van der Waals surface area contributed by atoms with E-state index < -0.39 is 0 Å². The number of hydrogen-bond donors (Lipinski definition) is 0. The molecule has 0 aliphatic carbocycles. The molecule has 3 radical (unpaired) electrons. The Morgan fingerprint density at radius 3 is 0.911 bits per heavy atom. The molecule has 0 saturated carbocycles. The SMILES string of the molecule is CC(C)Cc1ccnc(-c2[c-]ccc(-c3ccccc3)c2)c1.CC(C)Cc1ccnc(-c2[c-]ccc(-c3ccccc3)c2)c1.Cc1ccnc(-c2[c-]ccc(-c3ccccc3)c2)c1.[Ir].[Ir].[Ir].[c-]1ccccc1-c1ccccn1.[c-]1ccccc1-c1ccccn1. The van der Waals surface area contributed by atoms with Gasteiger partial charge in [-0.1, -0.05) is 178 Å². The third kappa shape index (κ3) is 22.5. The predicted octanol–water partition coefficient (Wildman–Crippen LogP) is 20.4. The normalized spacial score (nSPS) is 10.1. The van der Waals surface area contributed by atoms with E-state index in [2.05, 4.69) is 229 Å². The molecule has 0 unspecified atom stereocenters. The van der Waals surface area contributed by atoms with E-state index in [1.54, 1.807) is 12.4 Å². The Bertz CT molecular complexity index is 3820. The zero-order valence-electron chi connectivity index (χ0n) is 51.1. The van der Waals surface area contributed by atoms with E-state index in [0.717, 1.165) is 69.1 Å². The summed E-state index contributed by atoms with van der Waals surface area (Å²) in [4.78, 5) is 21.9. The summed E-state index contributed by atoms with van der Waals surface area (Å²) in [6, 6.07) is 106. The van der Waals surface area contributed by atoms with Gasteiger partial charge in [0.25, 0.3) is 0 Å². The van der Waals surface area contributed by atoms with Crippen molar-refractivity contribution in [3.63, 3.8) is 0 Å². The van der Waals surface area contributed by atoms with E-state index in [1.807, 2.05) is 146 Å². The molecule has 0 atom stereocenters. The second kappa shape index (κ2) is 38.1. The predicted molar refractivity (Wildman–Crippen MR) is 361 cm³/mol. The molecule has 0 fully saturated rings. The topological polar surface area (TPSA) is 64.5 Å². The Kier molecular flexibility index (Phi) is 29.9. The van der Waals surface area contributed by atoms with E-state index in [1.165, 1.54) is 50.1 Å². The minimum absolute atomic E-state index is 0. The fourth-order valence-electron chi connectivity index (χ4n) is 9.55. The first-order valence-electron chi connectivity index (χ1n) is 29.5. The summed E-state index contributed by atoms with van der Waals surface area (Å²) < 4.78 is 0. The molecular weight excluding hydrogens is 1630 g/mol. The van der Waals surface area contributed by atoms with Crippen molar-refractivity contribution in [1.82, 2.24) is 24.9 Å². The van der Waals surface area contributed by atoms with Crippen molar-refractivity contribution in [2.75, 3.05) is 0 Å². The first-order valence-corrected chi connectivity index (χ1v) is 29.5. The Balaban J connectivity index is 0.000000181. The maximum Gasteiger partial charge on any atom is 0.0163 e. The number of aryl methyl sites for hydroxylation is 1. The van der Waals surface area contributed by atoms with Gasteiger partial charge in [0.15, 0.2) is 0 Å². The molecule has 8 heteroatoms. The van der Waals surface area contributed by atoms with Gasteiger partial charge in [0.1, 0.15) is 0 Å². The molecule has 455 valence electrons. The summed E-state index contributed by atoms with van der Waals surface area (Å²) in [7, 11) is 0. The first kappa shape index (κ1) is 70.5. The summed E-state index contributed by atoms with van der Waals surface area (Å²) in [5, 5.41) is 0. The van der Waals surface area contributed by atoms with Gasteiger partial charge in [0.05, 0.1) is 0 Å². The molecule has 8 aromatic carbocycles. The van der Waals surface area contributed by atoms with Crippen LogP contribution in [0.2, 0.25) is 0 Å². The van der Waals surface area contributed by atoms with Crippen molar-refractivity contribution in [2.45, 2.75) is 47.5 Å². The number of benzene rings is 8. The van der Waals surface area contributed by atoms with Crippen LogP contribution in [-0.4, -0.2) is 24.9 Å². The number of pyridine rings is 5. The van der Waals surface area contributed by atoms with Crippen molar-refractivity contribution < 1.29 is 60.3 Å². The van der Waals surface area contributed by atoms with Crippen LogP contribution in [0.25, 0.3) is 89.7 Å². The summed E-state index contributed by atoms with van der Waals surface area (Å²) >= 11 is 0. The zero-order chi connectivity index (χ0) is 60.3. The molecular formula is C82H70Ir3N5-5. The molecule has 0 saturated heterocycles. The number of nitrogens with zero attached hydrogens (tertiary/aromatic N) is 5. The van der Waals surface area contributed by atoms with Crippen LogP contribution >= 0.6 is 0 Å². The van der Waals surface area contributed by atoms with Crippen LogP contribution in [0.3, 0.4) is 0 Å². The largest absolute Gasteiger partial charge is 0.305 e. The minimum atomic E-state index is 0. The van der Waals surface area contributed by atoms with Crippen LogP contribution in [0.4, 0.5) is 0 Å². The fraction of sp³-hybridized carbons (Fsp3) is 0.110. The summed E-state index contributed by atoms with van der Waals surface area (Å²) in [5.74, 6) is 1.30. The fourth-order valence-corrected chi connectivity index (χ4v) is 9.55. The summed E-state index contributed by atoms with van der Waals surface area (Å²) in [5.41, 5.74) is 21.2. The first-order chi connectivity index (χ1) is 42.7. The van der Waals surface area contributed by atoms with Gasteiger partial charge in [-0.3, -0.25) is 0 Å². The van der Waals surface area contributed by atoms with Gasteiger partial charge in [-0.05, 0) is 107 Å². The molecule has 5 heterocycles. The zero-order valence-corrected chi connectivity index (χ0v) is 58.3. The average molecular weight is 1700 g/mol. The monoisotopic (exact) mass is 1700 g/mol. The van der Waals surface area contributed by atoms with Crippen molar-refractivity contribution in [3.8, 4) is 89.7 Å². The van der Waals surface area contributed by atoms with E-state index in [0.29, 0.717) is 11.8 Å². The van der Waals surface area contributed by atoms with Gasteiger partial charge >= 0.3 is 0 Å². The number of aromatic nitrogens is 5. The summed E-state index contributed by atoms with van der Waals surface area (Å²) in [6.45, 7) is 11.0. The van der Waals surface area contributed by atoms with Crippen molar-refractivity contribution in [2.24, 2.45) is 11.8 Å². The molecule has 13 rings (SSSR count). The van der Waals surface area contributed by atoms with Gasteiger partial charge in [0, 0.05) is 91.3 Å². The van der Waals surface area contributed by atoms with Gasteiger partial charge in [-0.2, -0.15) is 0 Å². The molecule has 0 aliphatic heterocycles. The van der Waals surface area contributed by atoms with E-state index in [9.17, 15) is 0 Å². The molecule has 0 aliphatic rings. The number of hydrogen-bond acceptors (Lipinski definition) is 5. The van der Waals surface area contributed by atoms with Crippen LogP contribution < -0.4 is 0 Å². The molecule has 90 heavy (non-hydrogen) atoms. The van der Waals surface area contributed by atoms with Gasteiger partial charge in [-0.25, -0.2) is 0 Å². The van der Waals surface area contributed by atoms with E-state index in [4.69, 9.17) is 0 Å². The molecule has 0 bridgehead atoms. The summed E-state index contributed by atoms with van der Waals surface area (Å²) in [6.07, 6.45) is 11.4. The Morgan fingerprint density at radius 2 is 0.589 bits per heavy atom. The quantitative estimate of drug-likeness (QED) is 0.114. The molecule has 5 aromatic heterocycles. The molecule has 0 amide bonds. The van der Waals surface area contributed by atoms with Crippen LogP contribution in [0.5, 0.6) is 0 Å². The third-order valence-corrected chi connectivity index (χ3v) is 13.7. The molecule has 0 spiro atoms. The molecule has 13 aromatic rings. The maximum atomic E-state index is 4.52. The van der Waals surface area contributed by atoms with Crippen molar-refractivity contribution in [1.29, 1.82) is 0 Å². The molecule has 0 N–H and O–H groups in total. The second-order valence-corrected chi connectivity index (χ2v) is 21.6. The van der Waals surface area contributed by atoms with Crippen LogP contribution in [0, 0.1) is 49.1 Å². The van der Waals surface area contributed by atoms with Gasteiger partial charge in [0.2, 0.25) is 0 Å². The average Bonchev–Trinajstić information content (AvgIpc) is 2.68. The van der Waals surface area contributed by atoms with Gasteiger partial charge in [-0.15, -0.1) is 178 Å². The second-order valence-electron chi connectivity index (χ2n) is 21.6. The molecule has 5 nitrogen and oxygen atoms in total. The maximum absolute atomic E-state index is 4.52. The third-order valence-electron chi connectivity index (χ3n) is 13.7. The smallest absolute Gasteiger partial charge is 0.0163 e. The number of rotatable bonds is 12. The van der Waals surface area contributed by atoms with Crippen LogP contribution in [0.1, 0.15) is 44.4 Å². The van der Waals surface area contributed by atoms with E-state index >= 15 is 0 Å². The van der Waals surface area contributed by atoms with E-state index in [-0.39, 0.29) is 60.3 Å². The minimum Gasteiger partial charge on any atom is -0.305 e.